The first-order valence-electron chi connectivity index (χ1n) is 6.19. The fourth-order valence-electron chi connectivity index (χ4n) is 1.75. The summed E-state index contributed by atoms with van der Waals surface area (Å²) >= 11 is 0. The lowest BCUT2D eigenvalue weighted by molar-refractivity contribution is -0.160. The number of benzene rings is 1. The van der Waals surface area contributed by atoms with Crippen LogP contribution in [0.25, 0.3) is 0 Å². The summed E-state index contributed by atoms with van der Waals surface area (Å²) in [6.45, 7) is 3.87. The van der Waals surface area contributed by atoms with Crippen LogP contribution in [0.5, 0.6) is 0 Å². The van der Waals surface area contributed by atoms with Crippen LogP contribution in [0.2, 0.25) is 0 Å². The van der Waals surface area contributed by atoms with Gasteiger partial charge >= 0.3 is 5.97 Å². The summed E-state index contributed by atoms with van der Waals surface area (Å²) in [4.78, 5) is 11.8. The van der Waals surface area contributed by atoms with Crippen molar-refractivity contribution in [2.45, 2.75) is 39.0 Å². The monoisotopic (exact) mass is 253 g/mol. The lowest BCUT2D eigenvalue weighted by Crippen LogP contribution is -2.26. The molecule has 0 aromatic heterocycles. The molecule has 1 rings (SSSR count). The fraction of sp³-hybridized carbons (Fsp3) is 0.500. The molecular formula is C14H20FNO2. The van der Waals surface area contributed by atoms with Gasteiger partial charge in [-0.2, -0.15) is 0 Å². The summed E-state index contributed by atoms with van der Waals surface area (Å²) in [5.41, 5.74) is 7.38. The highest BCUT2D eigenvalue weighted by atomic mass is 19.1. The van der Waals surface area contributed by atoms with Crippen molar-refractivity contribution in [3.05, 3.63) is 35.4 Å². The van der Waals surface area contributed by atoms with Crippen LogP contribution in [0.15, 0.2) is 24.3 Å². The first kappa shape index (κ1) is 14.6. The molecule has 2 N–H and O–H groups in total. The molecule has 0 aliphatic rings. The molecule has 0 spiro atoms. The zero-order chi connectivity index (χ0) is 13.5. The van der Waals surface area contributed by atoms with Crippen molar-refractivity contribution in [3.8, 4) is 0 Å². The number of nitrogens with two attached hydrogens (primary N) is 1. The van der Waals surface area contributed by atoms with Gasteiger partial charge in [-0.05, 0) is 18.9 Å². The number of carbonyl (C=O) groups is 1. The predicted molar refractivity (Wildman–Crippen MR) is 68.9 cm³/mol. The Morgan fingerprint density at radius 2 is 2.22 bits per heavy atom. The summed E-state index contributed by atoms with van der Waals surface area (Å²) in [5.74, 6) is -1.19. The normalized spacial score (nSPS) is 14.0. The first-order valence-corrected chi connectivity index (χ1v) is 6.19. The van der Waals surface area contributed by atoms with E-state index in [0.29, 0.717) is 6.42 Å². The van der Waals surface area contributed by atoms with Crippen molar-refractivity contribution < 1.29 is 13.9 Å². The second-order valence-corrected chi connectivity index (χ2v) is 4.34. The Balaban J connectivity index is 2.74. The van der Waals surface area contributed by atoms with Crippen molar-refractivity contribution in [3.63, 3.8) is 0 Å². The maximum Gasteiger partial charge on any atom is 0.317 e. The molecule has 0 aliphatic heterocycles. The number of carbonyl (C=O) groups excluding carboxylic acids is 1. The van der Waals surface area contributed by atoms with E-state index < -0.39 is 18.2 Å². The molecule has 2 atom stereocenters. The Labute approximate surface area is 107 Å². The molecule has 0 radical (unpaired) electrons. The van der Waals surface area contributed by atoms with Crippen molar-refractivity contribution in [2.24, 2.45) is 5.73 Å². The second-order valence-electron chi connectivity index (χ2n) is 4.34. The molecule has 0 aliphatic carbocycles. The smallest absolute Gasteiger partial charge is 0.317 e. The zero-order valence-electron chi connectivity index (χ0n) is 10.9. The molecule has 1 aromatic carbocycles. The quantitative estimate of drug-likeness (QED) is 0.793. The number of aryl methyl sites for hydroxylation is 1. The van der Waals surface area contributed by atoms with Gasteiger partial charge in [0, 0.05) is 13.0 Å². The Bertz CT molecular complexity index is 395. The highest BCUT2D eigenvalue weighted by Gasteiger charge is 2.23. The van der Waals surface area contributed by atoms with E-state index in [1.807, 2.05) is 32.0 Å². The van der Waals surface area contributed by atoms with Crippen molar-refractivity contribution in [1.82, 2.24) is 0 Å². The number of hydrogen-bond acceptors (Lipinski definition) is 3. The third kappa shape index (κ3) is 4.11. The van der Waals surface area contributed by atoms with Crippen LogP contribution in [0.1, 0.15) is 36.8 Å². The first-order chi connectivity index (χ1) is 8.58. The van der Waals surface area contributed by atoms with E-state index in [1.165, 1.54) is 0 Å². The van der Waals surface area contributed by atoms with E-state index in [9.17, 15) is 9.18 Å². The van der Waals surface area contributed by atoms with Crippen LogP contribution in [-0.4, -0.2) is 18.9 Å². The average Bonchev–Trinajstić information content (AvgIpc) is 2.30. The summed E-state index contributed by atoms with van der Waals surface area (Å²) < 4.78 is 18.0. The Morgan fingerprint density at radius 1 is 1.50 bits per heavy atom. The summed E-state index contributed by atoms with van der Waals surface area (Å²) in [6, 6.07) is 7.45. The van der Waals surface area contributed by atoms with E-state index in [2.05, 4.69) is 0 Å². The number of alkyl halides is 1. The molecule has 0 amide bonds. The van der Waals surface area contributed by atoms with Gasteiger partial charge in [-0.1, -0.05) is 36.8 Å². The lowest BCUT2D eigenvalue weighted by Gasteiger charge is -2.16. The van der Waals surface area contributed by atoms with Gasteiger partial charge in [0.25, 0.3) is 0 Å². The summed E-state index contributed by atoms with van der Waals surface area (Å²) in [5, 5.41) is 0. The number of rotatable bonds is 6. The molecule has 3 nitrogen and oxygen atoms in total. The molecule has 2 unspecified atom stereocenters. The molecule has 0 fully saturated rings. The SMILES string of the molecule is CCCC(F)OC(=O)C(CN)c1cccc(C)c1. The van der Waals surface area contributed by atoms with Gasteiger partial charge in [-0.15, -0.1) is 0 Å². The van der Waals surface area contributed by atoms with Crippen LogP contribution in [0.4, 0.5) is 4.39 Å². The van der Waals surface area contributed by atoms with Crippen LogP contribution < -0.4 is 5.73 Å². The average molecular weight is 253 g/mol. The molecule has 0 bridgehead atoms. The zero-order valence-corrected chi connectivity index (χ0v) is 10.9. The van der Waals surface area contributed by atoms with Crippen molar-refractivity contribution in [1.29, 1.82) is 0 Å². The van der Waals surface area contributed by atoms with Gasteiger partial charge < -0.3 is 10.5 Å². The maximum absolute atomic E-state index is 13.3. The van der Waals surface area contributed by atoms with Gasteiger partial charge in [-0.3, -0.25) is 4.79 Å². The van der Waals surface area contributed by atoms with Gasteiger partial charge in [0.2, 0.25) is 6.36 Å². The van der Waals surface area contributed by atoms with E-state index >= 15 is 0 Å². The lowest BCUT2D eigenvalue weighted by atomic mass is 9.98. The minimum atomic E-state index is -1.54. The van der Waals surface area contributed by atoms with Crippen LogP contribution in [-0.2, 0) is 9.53 Å². The van der Waals surface area contributed by atoms with Crippen molar-refractivity contribution in [2.75, 3.05) is 6.54 Å². The van der Waals surface area contributed by atoms with Crippen molar-refractivity contribution >= 4 is 5.97 Å². The molecule has 0 saturated heterocycles. The number of ether oxygens (including phenoxy) is 1. The van der Waals surface area contributed by atoms with E-state index in [0.717, 1.165) is 11.1 Å². The van der Waals surface area contributed by atoms with Crippen LogP contribution >= 0.6 is 0 Å². The van der Waals surface area contributed by atoms with E-state index in [1.54, 1.807) is 6.07 Å². The molecule has 18 heavy (non-hydrogen) atoms. The number of halogens is 1. The van der Waals surface area contributed by atoms with Gasteiger partial charge in [-0.25, -0.2) is 4.39 Å². The third-order valence-electron chi connectivity index (χ3n) is 2.72. The minimum Gasteiger partial charge on any atom is -0.431 e. The standard InChI is InChI=1S/C14H20FNO2/c1-3-5-13(15)18-14(17)12(9-16)11-7-4-6-10(2)8-11/h4,6-8,12-13H,3,5,9,16H2,1-2H3. The highest BCUT2D eigenvalue weighted by Crippen LogP contribution is 2.19. The number of hydrogen-bond donors (Lipinski definition) is 1. The third-order valence-corrected chi connectivity index (χ3v) is 2.72. The Hall–Kier alpha value is -1.42. The fourth-order valence-corrected chi connectivity index (χ4v) is 1.75. The maximum atomic E-state index is 13.3. The molecule has 0 saturated carbocycles. The molecule has 4 heteroatoms. The topological polar surface area (TPSA) is 52.3 Å². The Morgan fingerprint density at radius 3 is 2.78 bits per heavy atom. The van der Waals surface area contributed by atoms with Gasteiger partial charge in [0.15, 0.2) is 0 Å². The molecule has 100 valence electrons. The van der Waals surface area contributed by atoms with Crippen LogP contribution in [0, 0.1) is 6.92 Å². The van der Waals surface area contributed by atoms with Gasteiger partial charge in [0.05, 0.1) is 5.92 Å². The van der Waals surface area contributed by atoms with E-state index in [4.69, 9.17) is 10.5 Å². The molecular weight excluding hydrogens is 233 g/mol. The Kier molecular flexibility index (Phi) is 5.78. The van der Waals surface area contributed by atoms with E-state index in [-0.39, 0.29) is 13.0 Å². The summed E-state index contributed by atoms with van der Waals surface area (Å²) in [7, 11) is 0. The molecule has 1 aromatic rings. The second kappa shape index (κ2) is 7.11. The predicted octanol–water partition coefficient (Wildman–Crippen LogP) is 2.68. The van der Waals surface area contributed by atoms with Crippen LogP contribution in [0.3, 0.4) is 0 Å². The van der Waals surface area contributed by atoms with Gasteiger partial charge in [0.1, 0.15) is 0 Å². The summed E-state index contributed by atoms with van der Waals surface area (Å²) in [6.07, 6.45) is -0.690. The largest absolute Gasteiger partial charge is 0.431 e. The minimum absolute atomic E-state index is 0.112. The molecule has 0 heterocycles. The highest BCUT2D eigenvalue weighted by molar-refractivity contribution is 5.78. The number of esters is 1.